The number of nitrogens with zero attached hydrogens (tertiary/aromatic N) is 1. The Hall–Kier alpha value is -1.67. The number of ether oxygens (including phenoxy) is 2. The minimum absolute atomic E-state index is 0.131. The molecule has 27 heavy (non-hydrogen) atoms. The highest BCUT2D eigenvalue weighted by atomic mass is 35.5. The van der Waals surface area contributed by atoms with Crippen LogP contribution in [0.3, 0.4) is 0 Å². The van der Waals surface area contributed by atoms with E-state index >= 15 is 0 Å². The standard InChI is InChI=1S/C17H17Cl3N2O4S/c1-3-6-26-17-13(19)7-11(8-14(17)20)10-21-22-27(23,24)16-9-12(18)4-5-15(16)25-2/h4-5,7-10,22H,3,6H2,1-2H3/b21-10+. The van der Waals surface area contributed by atoms with Gasteiger partial charge in [-0.05, 0) is 42.3 Å². The highest BCUT2D eigenvalue weighted by molar-refractivity contribution is 7.89. The molecule has 1 N–H and O–H groups in total. The lowest BCUT2D eigenvalue weighted by Gasteiger charge is -2.10. The molecule has 10 heteroatoms. The number of sulfonamides is 1. The van der Waals surface area contributed by atoms with Crippen LogP contribution in [0, 0.1) is 0 Å². The van der Waals surface area contributed by atoms with Gasteiger partial charge in [0.2, 0.25) is 0 Å². The maximum absolute atomic E-state index is 12.4. The van der Waals surface area contributed by atoms with Crippen molar-refractivity contribution in [2.75, 3.05) is 13.7 Å². The lowest BCUT2D eigenvalue weighted by molar-refractivity contribution is 0.318. The second-order valence-electron chi connectivity index (χ2n) is 5.31. The summed E-state index contributed by atoms with van der Waals surface area (Å²) in [5, 5.41) is 4.61. The Balaban J connectivity index is 2.21. The average molecular weight is 452 g/mol. The second kappa shape index (κ2) is 9.50. The molecule has 0 saturated carbocycles. The Kier molecular flexibility index (Phi) is 7.61. The third-order valence-electron chi connectivity index (χ3n) is 3.27. The van der Waals surface area contributed by atoms with Gasteiger partial charge in [-0.1, -0.05) is 41.7 Å². The molecule has 0 bridgehead atoms. The fraction of sp³-hybridized carbons (Fsp3) is 0.235. The lowest BCUT2D eigenvalue weighted by Crippen LogP contribution is -2.19. The smallest absolute Gasteiger partial charge is 0.280 e. The number of rotatable bonds is 8. The first-order chi connectivity index (χ1) is 12.8. The molecule has 0 fully saturated rings. The number of halogens is 3. The summed E-state index contributed by atoms with van der Waals surface area (Å²) >= 11 is 18.2. The van der Waals surface area contributed by atoms with Crippen molar-refractivity contribution in [3.8, 4) is 11.5 Å². The molecule has 0 saturated heterocycles. The van der Waals surface area contributed by atoms with Gasteiger partial charge in [-0.2, -0.15) is 18.4 Å². The molecule has 6 nitrogen and oxygen atoms in total. The zero-order valence-corrected chi connectivity index (χ0v) is 17.6. The van der Waals surface area contributed by atoms with Gasteiger partial charge >= 0.3 is 0 Å². The maximum Gasteiger partial charge on any atom is 0.280 e. The number of methoxy groups -OCH3 is 1. The summed E-state index contributed by atoms with van der Waals surface area (Å²) in [6, 6.07) is 7.38. The van der Waals surface area contributed by atoms with Gasteiger partial charge in [0.1, 0.15) is 10.6 Å². The fourth-order valence-corrected chi connectivity index (χ4v) is 3.91. The van der Waals surface area contributed by atoms with Gasteiger partial charge in [0.05, 0.1) is 30.0 Å². The average Bonchev–Trinajstić information content (AvgIpc) is 2.61. The van der Waals surface area contributed by atoms with Gasteiger partial charge in [-0.3, -0.25) is 0 Å². The third kappa shape index (κ3) is 5.65. The van der Waals surface area contributed by atoms with Crippen LogP contribution in [0.1, 0.15) is 18.9 Å². The van der Waals surface area contributed by atoms with E-state index in [-0.39, 0.29) is 15.7 Å². The van der Waals surface area contributed by atoms with E-state index in [0.29, 0.717) is 28.0 Å². The van der Waals surface area contributed by atoms with E-state index in [4.69, 9.17) is 44.3 Å². The van der Waals surface area contributed by atoms with Gasteiger partial charge in [0.25, 0.3) is 10.0 Å². The quantitative estimate of drug-likeness (QED) is 0.464. The predicted octanol–water partition coefficient (Wildman–Crippen LogP) is 4.76. The number of hydrazone groups is 1. The molecule has 2 aromatic rings. The molecule has 0 aliphatic rings. The van der Waals surface area contributed by atoms with Crippen LogP contribution in [0.25, 0.3) is 0 Å². The maximum atomic E-state index is 12.4. The number of hydrogen-bond acceptors (Lipinski definition) is 5. The molecule has 0 radical (unpaired) electrons. The zero-order chi connectivity index (χ0) is 20.0. The summed E-state index contributed by atoms with van der Waals surface area (Å²) in [6.45, 7) is 2.44. The van der Waals surface area contributed by atoms with Crippen LogP contribution in [0.2, 0.25) is 15.1 Å². The highest BCUT2D eigenvalue weighted by Crippen LogP contribution is 2.34. The zero-order valence-electron chi connectivity index (χ0n) is 14.5. The van der Waals surface area contributed by atoms with Crippen molar-refractivity contribution in [2.45, 2.75) is 18.2 Å². The van der Waals surface area contributed by atoms with Crippen LogP contribution in [0.4, 0.5) is 0 Å². The molecule has 0 amide bonds. The van der Waals surface area contributed by atoms with Crippen LogP contribution >= 0.6 is 34.8 Å². The van der Waals surface area contributed by atoms with Crippen molar-refractivity contribution in [1.29, 1.82) is 0 Å². The molecule has 0 aromatic heterocycles. The van der Waals surface area contributed by atoms with Gasteiger partial charge in [0.15, 0.2) is 5.75 Å². The Morgan fingerprint density at radius 2 is 1.81 bits per heavy atom. The normalized spacial score (nSPS) is 11.6. The molecule has 0 unspecified atom stereocenters. The van der Waals surface area contributed by atoms with Crippen molar-refractivity contribution in [2.24, 2.45) is 5.10 Å². The largest absolute Gasteiger partial charge is 0.495 e. The summed E-state index contributed by atoms with van der Waals surface area (Å²) < 4.78 is 35.4. The first-order valence-corrected chi connectivity index (χ1v) is 10.4. The fourth-order valence-electron chi connectivity index (χ4n) is 2.08. The predicted molar refractivity (Wildman–Crippen MR) is 108 cm³/mol. The van der Waals surface area contributed by atoms with Crippen molar-refractivity contribution >= 4 is 51.0 Å². The topological polar surface area (TPSA) is 77.0 Å². The van der Waals surface area contributed by atoms with E-state index in [1.165, 1.54) is 31.5 Å². The van der Waals surface area contributed by atoms with Gasteiger partial charge in [0, 0.05) is 5.02 Å². The first kappa shape index (κ1) is 21.6. The minimum atomic E-state index is -3.98. The molecule has 0 atom stereocenters. The molecule has 0 aliphatic carbocycles. The Bertz CT molecular complexity index is 926. The Morgan fingerprint density at radius 1 is 1.15 bits per heavy atom. The van der Waals surface area contributed by atoms with Gasteiger partial charge in [-0.15, -0.1) is 0 Å². The molecule has 146 valence electrons. The van der Waals surface area contributed by atoms with Crippen molar-refractivity contribution in [1.82, 2.24) is 4.83 Å². The van der Waals surface area contributed by atoms with Gasteiger partial charge < -0.3 is 9.47 Å². The van der Waals surface area contributed by atoms with Crippen LogP contribution in [-0.4, -0.2) is 28.3 Å². The molecule has 0 spiro atoms. The second-order valence-corrected chi connectivity index (χ2v) is 8.19. The number of hydrogen-bond donors (Lipinski definition) is 1. The molecule has 0 aliphatic heterocycles. The van der Waals surface area contributed by atoms with E-state index < -0.39 is 10.0 Å². The highest BCUT2D eigenvalue weighted by Gasteiger charge is 2.19. The molecule has 0 heterocycles. The lowest BCUT2D eigenvalue weighted by atomic mass is 10.2. The number of nitrogens with one attached hydrogen (secondary N) is 1. The van der Waals surface area contributed by atoms with E-state index in [1.54, 1.807) is 12.1 Å². The minimum Gasteiger partial charge on any atom is -0.495 e. The van der Waals surface area contributed by atoms with Crippen molar-refractivity contribution < 1.29 is 17.9 Å². The van der Waals surface area contributed by atoms with Crippen molar-refractivity contribution in [3.05, 3.63) is 51.0 Å². The van der Waals surface area contributed by atoms with Crippen LogP contribution in [0.15, 0.2) is 40.3 Å². The van der Waals surface area contributed by atoms with Crippen LogP contribution < -0.4 is 14.3 Å². The summed E-state index contributed by atoms with van der Waals surface area (Å²) in [6.07, 6.45) is 2.08. The van der Waals surface area contributed by atoms with Gasteiger partial charge in [-0.25, -0.2) is 0 Å². The SMILES string of the molecule is CCCOc1c(Cl)cc(/C=N/NS(=O)(=O)c2cc(Cl)ccc2OC)cc1Cl. The Labute approximate surface area is 173 Å². The summed E-state index contributed by atoms with van der Waals surface area (Å²) in [4.78, 5) is 1.97. The van der Waals surface area contributed by atoms with Crippen LogP contribution in [0.5, 0.6) is 11.5 Å². The number of benzene rings is 2. The van der Waals surface area contributed by atoms with E-state index in [2.05, 4.69) is 9.93 Å². The Morgan fingerprint density at radius 3 is 2.41 bits per heavy atom. The van der Waals surface area contributed by atoms with E-state index in [1.807, 2.05) is 6.92 Å². The third-order valence-corrected chi connectivity index (χ3v) is 5.31. The van der Waals surface area contributed by atoms with E-state index in [0.717, 1.165) is 6.42 Å². The molecule has 2 rings (SSSR count). The molecular weight excluding hydrogens is 435 g/mol. The molecular formula is C17H17Cl3N2O4S. The van der Waals surface area contributed by atoms with E-state index in [9.17, 15) is 8.42 Å². The summed E-state index contributed by atoms with van der Waals surface area (Å²) in [5.41, 5.74) is 0.495. The summed E-state index contributed by atoms with van der Waals surface area (Å²) in [5.74, 6) is 0.521. The summed E-state index contributed by atoms with van der Waals surface area (Å²) in [7, 11) is -2.63. The monoisotopic (exact) mass is 450 g/mol. The molecule has 2 aromatic carbocycles. The van der Waals surface area contributed by atoms with Crippen LogP contribution in [-0.2, 0) is 10.0 Å². The first-order valence-electron chi connectivity index (χ1n) is 7.78. The van der Waals surface area contributed by atoms with Crippen molar-refractivity contribution in [3.63, 3.8) is 0 Å².